The van der Waals surface area contributed by atoms with Crippen LogP contribution in [0, 0.1) is 0 Å². The molecule has 0 bridgehead atoms. The minimum absolute atomic E-state index is 0.605. The van der Waals surface area contributed by atoms with E-state index in [4.69, 9.17) is 16.3 Å². The molecule has 0 atom stereocenters. The number of pyridine rings is 1. The molecule has 1 aromatic heterocycles. The average Bonchev–Trinajstić information content (AvgIpc) is 2.41. The highest BCUT2D eigenvalue weighted by atomic mass is 35.5. The quantitative estimate of drug-likeness (QED) is 0.640. The number of nitrogens with zero attached hydrogens (tertiary/aromatic N) is 2. The van der Waals surface area contributed by atoms with Crippen LogP contribution in [0.15, 0.2) is 18.3 Å². The Morgan fingerprint density at radius 3 is 2.78 bits per heavy atom. The van der Waals surface area contributed by atoms with Gasteiger partial charge >= 0.3 is 0 Å². The van der Waals surface area contributed by atoms with Crippen LogP contribution >= 0.6 is 11.6 Å². The van der Waals surface area contributed by atoms with Crippen molar-refractivity contribution in [3.8, 4) is 5.75 Å². The first kappa shape index (κ1) is 15.1. The molecule has 0 aromatic carbocycles. The summed E-state index contributed by atoms with van der Waals surface area (Å²) in [7, 11) is 0. The Morgan fingerprint density at radius 1 is 1.28 bits per heavy atom. The van der Waals surface area contributed by atoms with E-state index >= 15 is 0 Å². The molecule has 0 radical (unpaired) electrons. The second-order valence-corrected chi connectivity index (χ2v) is 4.58. The van der Waals surface area contributed by atoms with Gasteiger partial charge in [0, 0.05) is 25.2 Å². The monoisotopic (exact) mass is 270 g/mol. The molecule has 18 heavy (non-hydrogen) atoms. The Bertz CT molecular complexity index is 333. The van der Waals surface area contributed by atoms with Gasteiger partial charge in [0.1, 0.15) is 0 Å². The molecule has 0 aliphatic heterocycles. The maximum absolute atomic E-state index is 5.87. The maximum atomic E-state index is 5.87. The van der Waals surface area contributed by atoms with Gasteiger partial charge in [0.25, 0.3) is 0 Å². The summed E-state index contributed by atoms with van der Waals surface area (Å²) in [6.07, 6.45) is 5.11. The van der Waals surface area contributed by atoms with Crippen molar-refractivity contribution in [3.05, 3.63) is 18.3 Å². The van der Waals surface area contributed by atoms with Gasteiger partial charge < -0.3 is 9.64 Å². The van der Waals surface area contributed by atoms with Gasteiger partial charge in [-0.1, -0.05) is 20.3 Å². The molecule has 4 heteroatoms. The molecule has 0 unspecified atom stereocenters. The fourth-order valence-corrected chi connectivity index (χ4v) is 1.92. The predicted molar refractivity (Wildman–Crippen MR) is 77.9 cm³/mol. The lowest BCUT2D eigenvalue weighted by molar-refractivity contribution is 0.316. The first-order chi connectivity index (χ1) is 8.83. The van der Waals surface area contributed by atoms with Crippen LogP contribution in [-0.4, -0.2) is 30.6 Å². The van der Waals surface area contributed by atoms with Gasteiger partial charge in [-0.05, 0) is 25.0 Å². The number of hydrogen-bond acceptors (Lipinski definition) is 3. The van der Waals surface area contributed by atoms with E-state index in [9.17, 15) is 0 Å². The largest absolute Gasteiger partial charge is 0.490 e. The van der Waals surface area contributed by atoms with Crippen molar-refractivity contribution < 1.29 is 4.74 Å². The lowest BCUT2D eigenvalue weighted by Gasteiger charge is -2.24. The van der Waals surface area contributed by atoms with Crippen molar-refractivity contribution in [1.29, 1.82) is 0 Å². The zero-order valence-electron chi connectivity index (χ0n) is 11.4. The second kappa shape index (κ2) is 9.03. The SMILES string of the molecule is CCCCN(CCCl)c1ncccc1OCCC. The molecule has 0 aliphatic carbocycles. The number of halogens is 1. The third-order valence-corrected chi connectivity index (χ3v) is 2.82. The summed E-state index contributed by atoms with van der Waals surface area (Å²) in [4.78, 5) is 6.66. The second-order valence-electron chi connectivity index (χ2n) is 4.20. The molecule has 0 saturated heterocycles. The Hall–Kier alpha value is -0.960. The van der Waals surface area contributed by atoms with Crippen LogP contribution in [0.3, 0.4) is 0 Å². The maximum Gasteiger partial charge on any atom is 0.171 e. The number of aromatic nitrogens is 1. The van der Waals surface area contributed by atoms with Crippen molar-refractivity contribution in [3.63, 3.8) is 0 Å². The normalized spacial score (nSPS) is 10.4. The fourth-order valence-electron chi connectivity index (χ4n) is 1.72. The Kier molecular flexibility index (Phi) is 7.58. The van der Waals surface area contributed by atoms with Crippen molar-refractivity contribution in [2.45, 2.75) is 33.1 Å². The number of unbranched alkanes of at least 4 members (excludes halogenated alkanes) is 1. The molecular formula is C14H23ClN2O. The molecule has 1 aromatic rings. The molecule has 0 amide bonds. The van der Waals surface area contributed by atoms with Crippen LogP contribution in [0.2, 0.25) is 0 Å². The third kappa shape index (κ3) is 4.73. The first-order valence-electron chi connectivity index (χ1n) is 6.72. The van der Waals surface area contributed by atoms with E-state index < -0.39 is 0 Å². The van der Waals surface area contributed by atoms with Crippen LogP contribution in [0.5, 0.6) is 5.75 Å². The summed E-state index contributed by atoms with van der Waals surface area (Å²) in [5.74, 6) is 2.38. The molecule has 1 rings (SSSR count). The van der Waals surface area contributed by atoms with Gasteiger partial charge in [-0.15, -0.1) is 11.6 Å². The van der Waals surface area contributed by atoms with Gasteiger partial charge in [0.15, 0.2) is 11.6 Å². The number of rotatable bonds is 9. The van der Waals surface area contributed by atoms with Crippen LogP contribution < -0.4 is 9.64 Å². The lowest BCUT2D eigenvalue weighted by atomic mass is 10.3. The third-order valence-electron chi connectivity index (χ3n) is 2.65. The molecule has 1 heterocycles. The van der Waals surface area contributed by atoms with E-state index in [0.29, 0.717) is 5.88 Å². The first-order valence-corrected chi connectivity index (χ1v) is 7.25. The van der Waals surface area contributed by atoms with Gasteiger partial charge in [-0.2, -0.15) is 0 Å². The molecule has 0 N–H and O–H groups in total. The van der Waals surface area contributed by atoms with E-state index in [-0.39, 0.29) is 0 Å². The highest BCUT2D eigenvalue weighted by molar-refractivity contribution is 6.18. The van der Waals surface area contributed by atoms with Crippen molar-refractivity contribution in [2.75, 3.05) is 30.5 Å². The standard InChI is InChI=1S/C14H23ClN2O/c1-3-5-10-17(11-8-15)14-13(18-12-4-2)7-6-9-16-14/h6-7,9H,3-5,8,10-12H2,1-2H3. The van der Waals surface area contributed by atoms with E-state index in [1.54, 1.807) is 6.20 Å². The van der Waals surface area contributed by atoms with Crippen molar-refractivity contribution in [1.82, 2.24) is 4.98 Å². The molecular weight excluding hydrogens is 248 g/mol. The van der Waals surface area contributed by atoms with Gasteiger partial charge in [0.2, 0.25) is 0 Å². The van der Waals surface area contributed by atoms with Gasteiger partial charge in [-0.3, -0.25) is 0 Å². The van der Waals surface area contributed by atoms with Crippen LogP contribution in [0.25, 0.3) is 0 Å². The average molecular weight is 271 g/mol. The van der Waals surface area contributed by atoms with Gasteiger partial charge in [-0.25, -0.2) is 4.98 Å². The number of ether oxygens (including phenoxy) is 1. The summed E-state index contributed by atoms with van der Waals surface area (Å²) in [6, 6.07) is 3.89. The minimum Gasteiger partial charge on any atom is -0.490 e. The van der Waals surface area contributed by atoms with Gasteiger partial charge in [0.05, 0.1) is 6.61 Å². The highest BCUT2D eigenvalue weighted by Gasteiger charge is 2.12. The van der Waals surface area contributed by atoms with Crippen LogP contribution in [-0.2, 0) is 0 Å². The molecule has 0 aliphatic rings. The van der Waals surface area contributed by atoms with E-state index in [1.807, 2.05) is 12.1 Å². The van der Waals surface area contributed by atoms with E-state index in [0.717, 1.165) is 50.5 Å². The van der Waals surface area contributed by atoms with Crippen LogP contribution in [0.4, 0.5) is 5.82 Å². The number of anilines is 1. The highest BCUT2D eigenvalue weighted by Crippen LogP contribution is 2.25. The molecule has 102 valence electrons. The smallest absolute Gasteiger partial charge is 0.171 e. The Labute approximate surface area is 115 Å². The molecule has 0 spiro atoms. The van der Waals surface area contributed by atoms with E-state index in [2.05, 4.69) is 23.7 Å². The van der Waals surface area contributed by atoms with Crippen LogP contribution in [0.1, 0.15) is 33.1 Å². The number of alkyl halides is 1. The summed E-state index contributed by atoms with van der Waals surface area (Å²) < 4.78 is 5.75. The zero-order valence-corrected chi connectivity index (χ0v) is 12.1. The number of hydrogen-bond donors (Lipinski definition) is 0. The zero-order chi connectivity index (χ0) is 13.2. The summed E-state index contributed by atoms with van der Waals surface area (Å²) in [6.45, 7) is 6.79. The minimum atomic E-state index is 0.605. The molecule has 3 nitrogen and oxygen atoms in total. The molecule has 0 saturated carbocycles. The molecule has 0 fully saturated rings. The fraction of sp³-hybridized carbons (Fsp3) is 0.643. The summed E-state index contributed by atoms with van der Waals surface area (Å²) >= 11 is 5.87. The topological polar surface area (TPSA) is 25.4 Å². The lowest BCUT2D eigenvalue weighted by Crippen LogP contribution is -2.28. The summed E-state index contributed by atoms with van der Waals surface area (Å²) in [5.41, 5.74) is 0. The Morgan fingerprint density at radius 2 is 2.11 bits per heavy atom. The van der Waals surface area contributed by atoms with Crippen molar-refractivity contribution >= 4 is 17.4 Å². The summed E-state index contributed by atoms with van der Waals surface area (Å²) in [5, 5.41) is 0. The predicted octanol–water partition coefficient (Wildman–Crippen LogP) is 3.72. The van der Waals surface area contributed by atoms with E-state index in [1.165, 1.54) is 0 Å². The Balaban J connectivity index is 2.80. The van der Waals surface area contributed by atoms with Crippen molar-refractivity contribution in [2.24, 2.45) is 0 Å².